The highest BCUT2D eigenvalue weighted by Crippen LogP contribution is 2.28. The van der Waals surface area contributed by atoms with Gasteiger partial charge >= 0.3 is 11.9 Å². The Morgan fingerprint density at radius 2 is 1.33 bits per heavy atom. The molecule has 1 heterocycles. The number of para-hydroxylation sites is 1. The van der Waals surface area contributed by atoms with Crippen LogP contribution in [0.1, 0.15) is 46.0 Å². The monoisotopic (exact) mass is 287 g/mol. The first kappa shape index (κ1) is 14.8. The highest BCUT2D eigenvalue weighted by molar-refractivity contribution is 5.96. The smallest absolute Gasteiger partial charge is 0.353 e. The van der Waals surface area contributed by atoms with E-state index < -0.39 is 11.9 Å². The number of carboxylic acids is 2. The Morgan fingerprint density at radius 1 is 0.905 bits per heavy atom. The predicted molar refractivity (Wildman–Crippen MR) is 78.4 cm³/mol. The molecule has 0 aliphatic carbocycles. The van der Waals surface area contributed by atoms with E-state index in [1.54, 1.807) is 30.3 Å². The van der Waals surface area contributed by atoms with Gasteiger partial charge in [0.2, 0.25) is 0 Å². The lowest BCUT2D eigenvalue weighted by Crippen LogP contribution is -2.13. The molecule has 21 heavy (non-hydrogen) atoms. The van der Waals surface area contributed by atoms with Gasteiger partial charge in [0.05, 0.1) is 0 Å². The van der Waals surface area contributed by atoms with Crippen molar-refractivity contribution in [2.24, 2.45) is 0 Å². The third-order valence-electron chi connectivity index (χ3n) is 3.51. The molecule has 0 aliphatic rings. The summed E-state index contributed by atoms with van der Waals surface area (Å²) in [5, 5.41) is 19.1. The van der Waals surface area contributed by atoms with E-state index in [0.717, 1.165) is 0 Å². The molecule has 1 aromatic heterocycles. The van der Waals surface area contributed by atoms with E-state index >= 15 is 0 Å². The number of hydrogen-bond acceptors (Lipinski definition) is 2. The molecule has 5 heteroatoms. The van der Waals surface area contributed by atoms with Gasteiger partial charge in [-0.3, -0.25) is 4.57 Å². The maximum Gasteiger partial charge on any atom is 0.353 e. The molecule has 1 aromatic carbocycles. The van der Waals surface area contributed by atoms with Gasteiger partial charge in [0.25, 0.3) is 0 Å². The van der Waals surface area contributed by atoms with Crippen molar-refractivity contribution in [1.29, 1.82) is 0 Å². The highest BCUT2D eigenvalue weighted by Gasteiger charge is 2.29. The molecule has 0 bridgehead atoms. The summed E-state index contributed by atoms with van der Waals surface area (Å²) < 4.78 is 1.34. The fraction of sp³-hybridized carbons (Fsp3) is 0.250. The van der Waals surface area contributed by atoms with Crippen LogP contribution in [0, 0.1) is 0 Å². The van der Waals surface area contributed by atoms with Gasteiger partial charge in [0.15, 0.2) is 0 Å². The molecule has 0 unspecified atom stereocenters. The van der Waals surface area contributed by atoms with Crippen molar-refractivity contribution in [1.82, 2.24) is 4.57 Å². The SMILES string of the molecule is CCc1c(CC)c(C(=O)O)n(-c2ccccc2)c1C(=O)O. The van der Waals surface area contributed by atoms with Gasteiger partial charge < -0.3 is 10.2 Å². The Hall–Kier alpha value is -2.56. The average Bonchev–Trinajstić information content (AvgIpc) is 2.82. The number of carboxylic acid groups (broad SMARTS) is 2. The van der Waals surface area contributed by atoms with Crippen molar-refractivity contribution in [3.8, 4) is 5.69 Å². The van der Waals surface area contributed by atoms with Crippen molar-refractivity contribution in [3.05, 3.63) is 52.8 Å². The van der Waals surface area contributed by atoms with Crippen LogP contribution < -0.4 is 0 Å². The zero-order valence-electron chi connectivity index (χ0n) is 12.0. The fourth-order valence-electron chi connectivity index (χ4n) is 2.71. The van der Waals surface area contributed by atoms with E-state index in [2.05, 4.69) is 0 Å². The Morgan fingerprint density at radius 3 is 1.67 bits per heavy atom. The Labute approximate surface area is 122 Å². The van der Waals surface area contributed by atoms with E-state index in [-0.39, 0.29) is 11.4 Å². The van der Waals surface area contributed by atoms with Crippen LogP contribution in [0.4, 0.5) is 0 Å². The van der Waals surface area contributed by atoms with Crippen LogP contribution in [-0.2, 0) is 12.8 Å². The molecule has 2 rings (SSSR count). The first-order valence-electron chi connectivity index (χ1n) is 6.81. The summed E-state index contributed by atoms with van der Waals surface area (Å²) in [5.41, 5.74) is 1.80. The third kappa shape index (κ3) is 2.42. The minimum absolute atomic E-state index is 0.0398. The van der Waals surface area contributed by atoms with Crippen LogP contribution in [0.25, 0.3) is 5.69 Å². The van der Waals surface area contributed by atoms with Crippen LogP contribution in [0.15, 0.2) is 30.3 Å². The fourth-order valence-corrected chi connectivity index (χ4v) is 2.71. The molecule has 0 spiro atoms. The van der Waals surface area contributed by atoms with Crippen LogP contribution >= 0.6 is 0 Å². The highest BCUT2D eigenvalue weighted by atomic mass is 16.4. The number of nitrogens with zero attached hydrogens (tertiary/aromatic N) is 1. The maximum atomic E-state index is 11.7. The predicted octanol–water partition coefficient (Wildman–Crippen LogP) is 3.00. The van der Waals surface area contributed by atoms with E-state index in [1.165, 1.54) is 4.57 Å². The second-order valence-corrected chi connectivity index (χ2v) is 4.64. The lowest BCUT2D eigenvalue weighted by molar-refractivity contribution is 0.0682. The van der Waals surface area contributed by atoms with Crippen molar-refractivity contribution < 1.29 is 19.8 Å². The minimum atomic E-state index is -1.11. The lowest BCUT2D eigenvalue weighted by Gasteiger charge is -2.09. The van der Waals surface area contributed by atoms with Gasteiger partial charge in [-0.05, 0) is 36.1 Å². The summed E-state index contributed by atoms with van der Waals surface area (Å²) >= 11 is 0. The molecule has 2 aromatic rings. The number of aromatic carboxylic acids is 2. The maximum absolute atomic E-state index is 11.7. The van der Waals surface area contributed by atoms with Gasteiger partial charge in [-0.2, -0.15) is 0 Å². The zero-order chi connectivity index (χ0) is 15.6. The second kappa shape index (κ2) is 5.83. The summed E-state index contributed by atoms with van der Waals surface area (Å²) in [6.45, 7) is 3.67. The summed E-state index contributed by atoms with van der Waals surface area (Å²) in [7, 11) is 0. The molecule has 0 fully saturated rings. The number of aromatic nitrogens is 1. The lowest BCUT2D eigenvalue weighted by atomic mass is 10.0. The van der Waals surface area contributed by atoms with Crippen LogP contribution in [0.3, 0.4) is 0 Å². The molecule has 0 saturated heterocycles. The van der Waals surface area contributed by atoms with Gasteiger partial charge in [-0.1, -0.05) is 32.0 Å². The molecule has 0 saturated carbocycles. The van der Waals surface area contributed by atoms with Crippen LogP contribution in [0.5, 0.6) is 0 Å². The van der Waals surface area contributed by atoms with Crippen LogP contribution in [0.2, 0.25) is 0 Å². The first-order valence-corrected chi connectivity index (χ1v) is 6.81. The van der Waals surface area contributed by atoms with E-state index in [4.69, 9.17) is 0 Å². The molecule has 110 valence electrons. The Balaban J connectivity index is 2.92. The second-order valence-electron chi connectivity index (χ2n) is 4.64. The van der Waals surface area contributed by atoms with Crippen LogP contribution in [-0.4, -0.2) is 26.7 Å². The molecule has 2 N–H and O–H groups in total. The number of rotatable bonds is 5. The average molecular weight is 287 g/mol. The molecule has 0 aliphatic heterocycles. The van der Waals surface area contributed by atoms with E-state index in [0.29, 0.717) is 29.7 Å². The van der Waals surface area contributed by atoms with Crippen molar-refractivity contribution in [2.45, 2.75) is 26.7 Å². The zero-order valence-corrected chi connectivity index (χ0v) is 12.0. The molecule has 0 atom stereocenters. The first-order chi connectivity index (χ1) is 10.0. The normalized spacial score (nSPS) is 10.6. The molecular formula is C16H17NO4. The van der Waals surface area contributed by atoms with E-state index in [9.17, 15) is 19.8 Å². The van der Waals surface area contributed by atoms with Gasteiger partial charge in [0, 0.05) is 5.69 Å². The number of benzene rings is 1. The van der Waals surface area contributed by atoms with Crippen molar-refractivity contribution >= 4 is 11.9 Å². The number of hydrogen-bond donors (Lipinski definition) is 2. The molecular weight excluding hydrogens is 270 g/mol. The largest absolute Gasteiger partial charge is 0.477 e. The summed E-state index contributed by atoms with van der Waals surface area (Å²) in [5.74, 6) is -2.23. The summed E-state index contributed by atoms with van der Waals surface area (Å²) in [4.78, 5) is 23.3. The van der Waals surface area contributed by atoms with Gasteiger partial charge in [-0.25, -0.2) is 9.59 Å². The molecule has 0 radical (unpaired) electrons. The minimum Gasteiger partial charge on any atom is -0.477 e. The van der Waals surface area contributed by atoms with E-state index in [1.807, 2.05) is 13.8 Å². The van der Waals surface area contributed by atoms with Gasteiger partial charge in [0.1, 0.15) is 11.4 Å². The molecule has 5 nitrogen and oxygen atoms in total. The Kier molecular flexibility index (Phi) is 4.12. The number of carbonyl (C=O) groups is 2. The third-order valence-corrected chi connectivity index (χ3v) is 3.51. The van der Waals surface area contributed by atoms with Gasteiger partial charge in [-0.15, -0.1) is 0 Å². The quantitative estimate of drug-likeness (QED) is 0.886. The molecule has 0 amide bonds. The van der Waals surface area contributed by atoms with Crippen molar-refractivity contribution in [3.63, 3.8) is 0 Å². The standard InChI is InChI=1S/C16H17NO4/c1-3-11-12(4-2)14(16(20)21)17(13(11)15(18)19)10-8-6-5-7-9-10/h5-9H,3-4H2,1-2H3,(H,18,19)(H,20,21). The Bertz CT molecular complexity index is 647. The van der Waals surface area contributed by atoms with Crippen molar-refractivity contribution in [2.75, 3.05) is 0 Å². The topological polar surface area (TPSA) is 79.5 Å². The summed E-state index contributed by atoms with van der Waals surface area (Å²) in [6, 6.07) is 8.72. The summed E-state index contributed by atoms with van der Waals surface area (Å²) in [6.07, 6.45) is 0.954.